The lowest BCUT2D eigenvalue weighted by Crippen LogP contribution is -2.41. The van der Waals surface area contributed by atoms with Gasteiger partial charge in [-0.05, 0) is 79.1 Å². The normalized spacial score (nSPS) is 34.1. The van der Waals surface area contributed by atoms with Gasteiger partial charge in [-0.2, -0.15) is 0 Å². The van der Waals surface area contributed by atoms with Gasteiger partial charge in [0.05, 0.1) is 89.5 Å². The molecule has 7 saturated heterocycles. The third-order valence-corrected chi connectivity index (χ3v) is 10.4. The van der Waals surface area contributed by atoms with Crippen LogP contribution in [-0.2, 0) is 47.4 Å². The largest absolute Gasteiger partial charge is 0.384 e. The molecule has 7 heterocycles. The molecule has 1 saturated carbocycles. The predicted octanol–water partition coefficient (Wildman–Crippen LogP) is 7.28. The Morgan fingerprint density at radius 2 is 1.24 bits per heavy atom. The van der Waals surface area contributed by atoms with E-state index < -0.39 is 0 Å². The second-order valence-electron chi connectivity index (χ2n) is 16.6. The molecule has 10 nitrogen and oxygen atoms in total. The van der Waals surface area contributed by atoms with Gasteiger partial charge >= 0.3 is 0 Å². The summed E-state index contributed by atoms with van der Waals surface area (Å²) in [6.45, 7) is 28.5. The Hall–Kier alpha value is -0.400. The van der Waals surface area contributed by atoms with E-state index in [4.69, 9.17) is 47.4 Å². The third kappa shape index (κ3) is 20.2. The molecular weight excluding hydrogens is 640 g/mol. The first-order valence-corrected chi connectivity index (χ1v) is 19.5. The minimum absolute atomic E-state index is 0.0781. The molecule has 8 fully saturated rings. The number of epoxide rings is 5. The summed E-state index contributed by atoms with van der Waals surface area (Å²) in [5, 5.41) is 0. The Labute approximate surface area is 306 Å². The fourth-order valence-corrected chi connectivity index (χ4v) is 5.90. The second kappa shape index (κ2) is 22.7. The van der Waals surface area contributed by atoms with Gasteiger partial charge in [0.2, 0.25) is 0 Å². The minimum atomic E-state index is 0.0781. The van der Waals surface area contributed by atoms with Gasteiger partial charge in [0.15, 0.2) is 0 Å². The van der Waals surface area contributed by atoms with Crippen LogP contribution in [0.15, 0.2) is 0 Å². The van der Waals surface area contributed by atoms with Gasteiger partial charge in [-0.1, -0.05) is 40.5 Å². The highest BCUT2D eigenvalue weighted by molar-refractivity contribution is 4.92. The number of rotatable bonds is 11. The second-order valence-corrected chi connectivity index (χ2v) is 16.6. The van der Waals surface area contributed by atoms with Crippen LogP contribution in [0.5, 0.6) is 0 Å². The lowest BCUT2D eigenvalue weighted by Gasteiger charge is -2.40. The fourth-order valence-electron chi connectivity index (χ4n) is 5.90. The maximum absolute atomic E-state index is 5.40. The molecule has 0 N–H and O–H groups in total. The summed E-state index contributed by atoms with van der Waals surface area (Å²) < 4.78 is 50.0. The van der Waals surface area contributed by atoms with Crippen molar-refractivity contribution in [1.82, 2.24) is 0 Å². The molecule has 7 atom stereocenters. The minimum Gasteiger partial charge on any atom is -0.384 e. The highest BCUT2D eigenvalue weighted by atomic mass is 16.6. The van der Waals surface area contributed by atoms with E-state index in [1.54, 1.807) is 21.3 Å². The van der Waals surface area contributed by atoms with Crippen molar-refractivity contribution in [3.8, 4) is 0 Å². The van der Waals surface area contributed by atoms with Gasteiger partial charge in [0, 0.05) is 38.8 Å². The monoisotopic (exact) mass is 719 g/mol. The van der Waals surface area contributed by atoms with E-state index in [1.165, 1.54) is 51.4 Å². The molecule has 0 amide bonds. The van der Waals surface area contributed by atoms with Crippen LogP contribution >= 0.6 is 0 Å². The van der Waals surface area contributed by atoms with E-state index in [9.17, 15) is 0 Å². The standard InChI is InChI=1S/C8H14O2.C8H16O.C7H14O.C5H10O2.C5H10O.C4H8O2.C3H6O/c1-9-5-6-2-3-7-8(4-6)10-7;1-3-5-8(4-2)6-9-7-8;1-3-4-7(2)5-8-6-7;1-5(3-6-2)4-7-5;1-4-5(2,3)6-4;1-5-2-4-3-6-4;1-3-2-4-3/h6-8H,2-5H2,1H3;3-7H2,1-2H3;3-6H2,1-2H3;3-4H2,1-2H3;4H,1-3H3;4H,2-3H2,1H3;3H,2H2,1H3. The molecule has 298 valence electrons. The van der Waals surface area contributed by atoms with Crippen LogP contribution in [-0.4, -0.2) is 129 Å². The van der Waals surface area contributed by atoms with E-state index in [0.717, 1.165) is 72.0 Å². The molecule has 10 heteroatoms. The first-order valence-electron chi connectivity index (χ1n) is 19.5. The van der Waals surface area contributed by atoms with Crippen LogP contribution in [0, 0.1) is 16.7 Å². The molecule has 8 aliphatic rings. The van der Waals surface area contributed by atoms with Crippen molar-refractivity contribution in [2.45, 2.75) is 155 Å². The number of methoxy groups -OCH3 is 3. The van der Waals surface area contributed by atoms with Crippen LogP contribution in [0.3, 0.4) is 0 Å². The topological polar surface area (TPSA) is 109 Å². The van der Waals surface area contributed by atoms with Gasteiger partial charge in [-0.25, -0.2) is 0 Å². The van der Waals surface area contributed by atoms with Crippen LogP contribution in [0.2, 0.25) is 0 Å². The summed E-state index contributed by atoms with van der Waals surface area (Å²) in [6, 6.07) is 0. The SMILES string of the molecule is CC1CO1.CC1OC1(C)C.CCCC1(C)COC1.CCCC1(CC)COC1.COCC1(C)CO1.COCC1CCC2OC2C1.COCC1CO1. The Morgan fingerprint density at radius 1 is 0.700 bits per heavy atom. The molecule has 7 unspecified atom stereocenters. The first kappa shape index (κ1) is 45.8. The summed E-state index contributed by atoms with van der Waals surface area (Å²) in [5.41, 5.74) is 1.43. The fraction of sp³-hybridized carbons (Fsp3) is 1.00. The Kier molecular flexibility index (Phi) is 20.8. The quantitative estimate of drug-likeness (QED) is 0.202. The summed E-state index contributed by atoms with van der Waals surface area (Å²) in [7, 11) is 5.15. The van der Waals surface area contributed by atoms with Gasteiger partial charge < -0.3 is 47.4 Å². The molecule has 0 aromatic rings. The van der Waals surface area contributed by atoms with E-state index in [1.807, 2.05) is 6.92 Å². The van der Waals surface area contributed by atoms with E-state index in [-0.39, 0.29) is 11.2 Å². The summed E-state index contributed by atoms with van der Waals surface area (Å²) in [4.78, 5) is 0. The van der Waals surface area contributed by atoms with Crippen molar-refractivity contribution in [1.29, 1.82) is 0 Å². The first-order chi connectivity index (χ1) is 23.7. The highest BCUT2D eigenvalue weighted by Crippen LogP contribution is 2.39. The van der Waals surface area contributed by atoms with Crippen molar-refractivity contribution in [3.63, 3.8) is 0 Å². The lowest BCUT2D eigenvalue weighted by molar-refractivity contribution is -0.119. The molecule has 0 radical (unpaired) electrons. The van der Waals surface area contributed by atoms with Crippen LogP contribution in [0.25, 0.3) is 0 Å². The van der Waals surface area contributed by atoms with E-state index in [0.29, 0.717) is 41.3 Å². The molecule has 1 aliphatic carbocycles. The molecular formula is C40H78O10. The average Bonchev–Trinajstić information content (AvgIpc) is 3.81. The van der Waals surface area contributed by atoms with Gasteiger partial charge in [-0.15, -0.1) is 0 Å². The highest BCUT2D eigenvalue weighted by Gasteiger charge is 2.44. The summed E-state index contributed by atoms with van der Waals surface area (Å²) in [6.07, 6.45) is 13.1. The Morgan fingerprint density at radius 3 is 1.46 bits per heavy atom. The molecule has 0 aromatic carbocycles. The van der Waals surface area contributed by atoms with Crippen molar-refractivity contribution < 1.29 is 47.4 Å². The zero-order valence-corrected chi connectivity index (χ0v) is 34.3. The Bertz CT molecular complexity index is 859. The number of hydrogen-bond donors (Lipinski definition) is 0. The molecule has 7 aliphatic heterocycles. The smallest absolute Gasteiger partial charge is 0.112 e. The lowest BCUT2D eigenvalue weighted by atomic mass is 9.79. The summed E-state index contributed by atoms with van der Waals surface area (Å²) in [5.74, 6) is 0.772. The van der Waals surface area contributed by atoms with E-state index >= 15 is 0 Å². The number of fused-ring (bicyclic) bond motifs is 1. The van der Waals surface area contributed by atoms with Crippen LogP contribution in [0.4, 0.5) is 0 Å². The Balaban J connectivity index is 0.000000205. The number of hydrogen-bond acceptors (Lipinski definition) is 10. The maximum atomic E-state index is 5.40. The van der Waals surface area contributed by atoms with Crippen molar-refractivity contribution >= 4 is 0 Å². The zero-order valence-electron chi connectivity index (χ0n) is 34.3. The van der Waals surface area contributed by atoms with Gasteiger partial charge in [0.25, 0.3) is 0 Å². The predicted molar refractivity (Wildman–Crippen MR) is 198 cm³/mol. The third-order valence-electron chi connectivity index (χ3n) is 10.4. The van der Waals surface area contributed by atoms with Gasteiger partial charge in [0.1, 0.15) is 11.7 Å². The van der Waals surface area contributed by atoms with Crippen molar-refractivity contribution in [2.75, 3.05) is 87.4 Å². The van der Waals surface area contributed by atoms with Crippen molar-refractivity contribution in [2.24, 2.45) is 16.7 Å². The molecule has 0 spiro atoms. The molecule has 0 bridgehead atoms. The van der Waals surface area contributed by atoms with Crippen molar-refractivity contribution in [3.05, 3.63) is 0 Å². The maximum Gasteiger partial charge on any atom is 0.112 e. The summed E-state index contributed by atoms with van der Waals surface area (Å²) >= 11 is 0. The molecule has 0 aromatic heterocycles. The number of ether oxygens (including phenoxy) is 10. The van der Waals surface area contributed by atoms with Crippen LogP contribution in [0.1, 0.15) is 114 Å². The zero-order chi connectivity index (χ0) is 37.3. The van der Waals surface area contributed by atoms with Crippen LogP contribution < -0.4 is 0 Å². The van der Waals surface area contributed by atoms with E-state index in [2.05, 4.69) is 55.4 Å². The molecule has 8 rings (SSSR count). The van der Waals surface area contributed by atoms with Gasteiger partial charge in [-0.3, -0.25) is 0 Å². The molecule has 50 heavy (non-hydrogen) atoms. The average molecular weight is 719 g/mol.